The minimum atomic E-state index is -1.51. The molecule has 2 atom stereocenters. The second-order valence-corrected chi connectivity index (χ2v) is 4.66. The standard InChI is InChI=1S/C14H19N3O3/c1-5-20-14(19)13(18)12(16-17-15)11-9(3)6-8(2)7-10(11)4/h6-7,12-13,18H,5H2,1-4H3/t12-,13-/m1/s1. The number of ether oxygens (including phenoxy) is 1. The van der Waals surface area contributed by atoms with Gasteiger partial charge in [-0.25, -0.2) is 4.79 Å². The third-order valence-corrected chi connectivity index (χ3v) is 3.04. The van der Waals surface area contributed by atoms with Crippen LogP contribution in [0, 0.1) is 20.8 Å². The first-order chi connectivity index (χ1) is 9.42. The van der Waals surface area contributed by atoms with Crippen LogP contribution in [0.2, 0.25) is 0 Å². The van der Waals surface area contributed by atoms with E-state index < -0.39 is 18.1 Å². The molecule has 0 spiro atoms. The molecule has 6 nitrogen and oxygen atoms in total. The van der Waals surface area contributed by atoms with Crippen LogP contribution in [0.4, 0.5) is 0 Å². The molecule has 20 heavy (non-hydrogen) atoms. The van der Waals surface area contributed by atoms with E-state index in [0.717, 1.165) is 16.7 Å². The maximum atomic E-state index is 11.7. The number of rotatable bonds is 5. The lowest BCUT2D eigenvalue weighted by Crippen LogP contribution is -2.29. The summed E-state index contributed by atoms with van der Waals surface area (Å²) >= 11 is 0. The van der Waals surface area contributed by atoms with Crippen LogP contribution in [-0.4, -0.2) is 23.8 Å². The third-order valence-electron chi connectivity index (χ3n) is 3.04. The summed E-state index contributed by atoms with van der Waals surface area (Å²) in [5, 5.41) is 13.7. The lowest BCUT2D eigenvalue weighted by atomic mass is 9.91. The fourth-order valence-electron chi connectivity index (χ4n) is 2.35. The topological polar surface area (TPSA) is 95.3 Å². The van der Waals surface area contributed by atoms with Crippen LogP contribution >= 0.6 is 0 Å². The summed E-state index contributed by atoms with van der Waals surface area (Å²) in [6, 6.07) is 2.85. The molecule has 1 aromatic carbocycles. The minimum Gasteiger partial charge on any atom is -0.464 e. The Morgan fingerprint density at radius 3 is 2.40 bits per heavy atom. The molecule has 0 amide bonds. The van der Waals surface area contributed by atoms with E-state index in [1.807, 2.05) is 32.9 Å². The maximum absolute atomic E-state index is 11.7. The molecular weight excluding hydrogens is 258 g/mol. The van der Waals surface area contributed by atoms with E-state index in [4.69, 9.17) is 10.3 Å². The normalized spacial score (nSPS) is 13.2. The Balaban J connectivity index is 3.28. The van der Waals surface area contributed by atoms with E-state index in [2.05, 4.69) is 10.0 Å². The number of aryl methyl sites for hydroxylation is 3. The molecule has 0 aliphatic carbocycles. The van der Waals surface area contributed by atoms with Crippen molar-refractivity contribution < 1.29 is 14.6 Å². The smallest absolute Gasteiger partial charge is 0.335 e. The van der Waals surface area contributed by atoms with Crippen molar-refractivity contribution in [3.8, 4) is 0 Å². The summed E-state index contributed by atoms with van der Waals surface area (Å²) in [6.07, 6.45) is -1.51. The second-order valence-electron chi connectivity index (χ2n) is 4.66. The molecule has 108 valence electrons. The van der Waals surface area contributed by atoms with Gasteiger partial charge in [0, 0.05) is 4.91 Å². The van der Waals surface area contributed by atoms with Crippen molar-refractivity contribution >= 4 is 5.97 Å². The molecule has 0 unspecified atom stereocenters. The predicted octanol–water partition coefficient (Wildman–Crippen LogP) is 2.89. The van der Waals surface area contributed by atoms with Gasteiger partial charge < -0.3 is 9.84 Å². The van der Waals surface area contributed by atoms with E-state index in [1.54, 1.807) is 6.92 Å². The number of hydrogen-bond acceptors (Lipinski definition) is 4. The van der Waals surface area contributed by atoms with Crippen molar-refractivity contribution in [2.24, 2.45) is 5.11 Å². The van der Waals surface area contributed by atoms with Gasteiger partial charge in [0.1, 0.15) is 0 Å². The first kappa shape index (κ1) is 16.0. The number of aliphatic hydroxyl groups excluding tert-OH is 1. The SMILES string of the molecule is CCOC(=O)[C@H](O)[C@H](N=[N+]=[N-])c1c(C)cc(C)cc1C. The highest BCUT2D eigenvalue weighted by Crippen LogP contribution is 2.29. The number of esters is 1. The van der Waals surface area contributed by atoms with Gasteiger partial charge in [-0.2, -0.15) is 0 Å². The summed E-state index contributed by atoms with van der Waals surface area (Å²) in [6.45, 7) is 7.47. The summed E-state index contributed by atoms with van der Waals surface area (Å²) in [4.78, 5) is 14.4. The number of nitrogens with zero attached hydrogens (tertiary/aromatic N) is 3. The Kier molecular flexibility index (Phi) is 5.55. The van der Waals surface area contributed by atoms with E-state index in [-0.39, 0.29) is 6.61 Å². The Labute approximate surface area is 118 Å². The lowest BCUT2D eigenvalue weighted by Gasteiger charge is -2.21. The van der Waals surface area contributed by atoms with Crippen LogP contribution in [0.15, 0.2) is 17.2 Å². The maximum Gasteiger partial charge on any atom is 0.335 e. The van der Waals surface area contributed by atoms with Crippen molar-refractivity contribution in [1.29, 1.82) is 0 Å². The zero-order chi connectivity index (χ0) is 15.3. The number of carbonyl (C=O) groups excluding carboxylic acids is 1. The van der Waals surface area contributed by atoms with Gasteiger partial charge in [0.05, 0.1) is 12.6 Å². The Bertz CT molecular complexity index is 528. The highest BCUT2D eigenvalue weighted by atomic mass is 16.5. The van der Waals surface area contributed by atoms with Crippen molar-refractivity contribution in [3.63, 3.8) is 0 Å². The Morgan fingerprint density at radius 1 is 1.40 bits per heavy atom. The van der Waals surface area contributed by atoms with Crippen LogP contribution in [0.1, 0.15) is 35.2 Å². The van der Waals surface area contributed by atoms with Crippen molar-refractivity contribution in [2.45, 2.75) is 39.8 Å². The molecule has 0 aromatic heterocycles. The van der Waals surface area contributed by atoms with Gasteiger partial charge in [-0.3, -0.25) is 0 Å². The molecular formula is C14H19N3O3. The van der Waals surface area contributed by atoms with E-state index in [1.165, 1.54) is 0 Å². The second kappa shape index (κ2) is 6.93. The van der Waals surface area contributed by atoms with Gasteiger partial charge in [0.15, 0.2) is 6.10 Å². The van der Waals surface area contributed by atoms with Crippen molar-refractivity contribution in [3.05, 3.63) is 44.8 Å². The van der Waals surface area contributed by atoms with Crippen LogP contribution < -0.4 is 0 Å². The fourth-order valence-corrected chi connectivity index (χ4v) is 2.35. The summed E-state index contributed by atoms with van der Waals surface area (Å²) in [7, 11) is 0. The quantitative estimate of drug-likeness (QED) is 0.388. The predicted molar refractivity (Wildman–Crippen MR) is 75.2 cm³/mol. The van der Waals surface area contributed by atoms with E-state index >= 15 is 0 Å². The van der Waals surface area contributed by atoms with Gasteiger partial charge in [-0.1, -0.05) is 22.8 Å². The molecule has 1 aromatic rings. The summed E-state index contributed by atoms with van der Waals surface area (Å²) < 4.78 is 4.78. The first-order valence-electron chi connectivity index (χ1n) is 6.39. The van der Waals surface area contributed by atoms with Crippen LogP contribution in [0.5, 0.6) is 0 Å². The highest BCUT2D eigenvalue weighted by Gasteiger charge is 2.30. The Morgan fingerprint density at radius 2 is 1.95 bits per heavy atom. The van der Waals surface area contributed by atoms with Crippen LogP contribution in [0.25, 0.3) is 10.4 Å². The molecule has 0 saturated carbocycles. The van der Waals surface area contributed by atoms with Gasteiger partial charge in [0.25, 0.3) is 0 Å². The van der Waals surface area contributed by atoms with Crippen LogP contribution in [-0.2, 0) is 9.53 Å². The molecule has 0 aliphatic heterocycles. The van der Waals surface area contributed by atoms with Gasteiger partial charge in [-0.15, -0.1) is 0 Å². The zero-order valence-corrected chi connectivity index (χ0v) is 12.1. The lowest BCUT2D eigenvalue weighted by molar-refractivity contribution is -0.154. The third kappa shape index (κ3) is 3.50. The molecule has 0 fully saturated rings. The average Bonchev–Trinajstić information content (AvgIpc) is 2.36. The molecule has 0 aliphatic rings. The van der Waals surface area contributed by atoms with E-state index in [0.29, 0.717) is 5.56 Å². The summed E-state index contributed by atoms with van der Waals surface area (Å²) in [5.74, 6) is -0.788. The van der Waals surface area contributed by atoms with Crippen molar-refractivity contribution in [1.82, 2.24) is 0 Å². The number of aliphatic hydroxyl groups is 1. The molecule has 0 radical (unpaired) electrons. The monoisotopic (exact) mass is 277 g/mol. The van der Waals surface area contributed by atoms with Gasteiger partial charge in [-0.05, 0) is 49.9 Å². The molecule has 0 heterocycles. The van der Waals surface area contributed by atoms with Crippen molar-refractivity contribution in [2.75, 3.05) is 6.61 Å². The van der Waals surface area contributed by atoms with Crippen LogP contribution in [0.3, 0.4) is 0 Å². The fraction of sp³-hybridized carbons (Fsp3) is 0.500. The molecule has 1 rings (SSSR count). The van der Waals surface area contributed by atoms with Gasteiger partial charge >= 0.3 is 5.97 Å². The van der Waals surface area contributed by atoms with Gasteiger partial charge in [0.2, 0.25) is 0 Å². The minimum absolute atomic E-state index is 0.157. The molecule has 0 bridgehead atoms. The first-order valence-corrected chi connectivity index (χ1v) is 6.39. The Hall–Kier alpha value is -2.04. The highest BCUT2D eigenvalue weighted by molar-refractivity contribution is 5.76. The molecule has 6 heteroatoms. The summed E-state index contributed by atoms with van der Waals surface area (Å²) in [5.41, 5.74) is 12.1. The largest absolute Gasteiger partial charge is 0.464 e. The molecule has 0 saturated heterocycles. The molecule has 1 N–H and O–H groups in total. The zero-order valence-electron chi connectivity index (χ0n) is 12.1. The number of azide groups is 1. The number of hydrogen-bond donors (Lipinski definition) is 1. The van der Waals surface area contributed by atoms with E-state index in [9.17, 15) is 9.90 Å². The average molecular weight is 277 g/mol. The number of benzene rings is 1. The number of carbonyl (C=O) groups is 1.